The molecule has 1 aromatic carbocycles. The summed E-state index contributed by atoms with van der Waals surface area (Å²) in [5.74, 6) is 0.982. The van der Waals surface area contributed by atoms with Crippen molar-refractivity contribution >= 4 is 22.9 Å². The topological polar surface area (TPSA) is 29.3 Å². The molecule has 4 heteroatoms. The molecule has 0 radical (unpaired) electrons. The van der Waals surface area contributed by atoms with E-state index in [2.05, 4.69) is 18.7 Å². The van der Waals surface area contributed by atoms with Crippen LogP contribution in [-0.4, -0.2) is 18.1 Å². The number of piperidine rings is 1. The van der Waals surface area contributed by atoms with Crippen molar-refractivity contribution in [3.8, 4) is 0 Å². The van der Waals surface area contributed by atoms with Gasteiger partial charge in [0.25, 0.3) is 0 Å². The number of benzene rings is 1. The number of anilines is 1. The maximum Gasteiger partial charge on any atom is 0.124 e. The van der Waals surface area contributed by atoms with E-state index in [4.69, 9.17) is 18.0 Å². The summed E-state index contributed by atoms with van der Waals surface area (Å²) in [4.78, 5) is 2.53. The van der Waals surface area contributed by atoms with Crippen molar-refractivity contribution in [2.24, 2.45) is 17.6 Å². The third-order valence-corrected chi connectivity index (χ3v) is 3.65. The van der Waals surface area contributed by atoms with Crippen LogP contribution in [0.4, 0.5) is 10.1 Å². The summed E-state index contributed by atoms with van der Waals surface area (Å²) in [6.07, 6.45) is 1.24. The first-order chi connectivity index (χ1) is 8.47. The van der Waals surface area contributed by atoms with Crippen LogP contribution < -0.4 is 10.6 Å². The number of nitrogens with two attached hydrogens (primary N) is 1. The first kappa shape index (κ1) is 13.3. The van der Waals surface area contributed by atoms with Gasteiger partial charge in [-0.1, -0.05) is 26.1 Å². The highest BCUT2D eigenvalue weighted by Gasteiger charge is 2.24. The Morgan fingerprint density at radius 1 is 1.33 bits per heavy atom. The molecule has 1 saturated heterocycles. The van der Waals surface area contributed by atoms with Gasteiger partial charge >= 0.3 is 0 Å². The molecule has 0 aromatic heterocycles. The van der Waals surface area contributed by atoms with Crippen molar-refractivity contribution in [2.45, 2.75) is 20.3 Å². The van der Waals surface area contributed by atoms with E-state index in [0.717, 1.165) is 18.8 Å². The Labute approximate surface area is 113 Å². The van der Waals surface area contributed by atoms with Crippen molar-refractivity contribution in [1.82, 2.24) is 0 Å². The fraction of sp³-hybridized carbons (Fsp3) is 0.500. The maximum atomic E-state index is 13.3. The van der Waals surface area contributed by atoms with Crippen LogP contribution in [0.15, 0.2) is 18.2 Å². The lowest BCUT2D eigenvalue weighted by Crippen LogP contribution is -2.39. The van der Waals surface area contributed by atoms with E-state index in [9.17, 15) is 4.39 Å². The second-order valence-electron chi connectivity index (χ2n) is 5.38. The summed E-state index contributed by atoms with van der Waals surface area (Å²) >= 11 is 5.02. The van der Waals surface area contributed by atoms with Gasteiger partial charge < -0.3 is 10.6 Å². The molecule has 1 fully saturated rings. The van der Waals surface area contributed by atoms with Crippen molar-refractivity contribution in [3.05, 3.63) is 29.6 Å². The summed E-state index contributed by atoms with van der Waals surface area (Å²) in [6, 6.07) is 4.69. The summed E-state index contributed by atoms with van der Waals surface area (Å²) in [5, 5.41) is 0. The van der Waals surface area contributed by atoms with Gasteiger partial charge in [-0.3, -0.25) is 0 Å². The van der Waals surface area contributed by atoms with Crippen LogP contribution in [0, 0.1) is 17.7 Å². The Balaban J connectivity index is 2.35. The minimum atomic E-state index is -0.292. The fourth-order valence-electron chi connectivity index (χ4n) is 2.84. The Bertz CT molecular complexity index is 451. The molecule has 2 N–H and O–H groups in total. The minimum Gasteiger partial charge on any atom is -0.389 e. The summed E-state index contributed by atoms with van der Waals surface area (Å²) < 4.78 is 13.3. The van der Waals surface area contributed by atoms with Gasteiger partial charge in [-0.05, 0) is 36.5 Å². The average Bonchev–Trinajstić information content (AvgIpc) is 2.27. The van der Waals surface area contributed by atoms with Crippen LogP contribution in [0.1, 0.15) is 25.8 Å². The average molecular weight is 266 g/mol. The van der Waals surface area contributed by atoms with E-state index < -0.39 is 0 Å². The smallest absolute Gasteiger partial charge is 0.124 e. The second kappa shape index (κ2) is 5.22. The van der Waals surface area contributed by atoms with Crippen molar-refractivity contribution < 1.29 is 4.39 Å². The van der Waals surface area contributed by atoms with Gasteiger partial charge in [0.2, 0.25) is 0 Å². The largest absolute Gasteiger partial charge is 0.389 e. The lowest BCUT2D eigenvalue weighted by molar-refractivity contribution is 0.357. The van der Waals surface area contributed by atoms with E-state index in [-0.39, 0.29) is 10.8 Å². The highest BCUT2D eigenvalue weighted by Crippen LogP contribution is 2.29. The number of halogens is 1. The highest BCUT2D eigenvalue weighted by molar-refractivity contribution is 7.80. The van der Waals surface area contributed by atoms with E-state index in [1.165, 1.54) is 18.6 Å². The zero-order valence-electron chi connectivity index (χ0n) is 10.8. The minimum absolute atomic E-state index is 0.260. The Morgan fingerprint density at radius 2 is 1.94 bits per heavy atom. The molecule has 98 valence electrons. The van der Waals surface area contributed by atoms with Gasteiger partial charge in [0.1, 0.15) is 10.8 Å². The standard InChI is InChI=1S/C14H19FN2S/c1-9-5-10(2)8-17(7-9)13-4-3-11(15)6-12(13)14(16)18/h3-4,6,9-10H,5,7-8H2,1-2H3,(H2,16,18). The van der Waals surface area contributed by atoms with Gasteiger partial charge in [-0.25, -0.2) is 4.39 Å². The number of hydrogen-bond donors (Lipinski definition) is 1. The van der Waals surface area contributed by atoms with E-state index in [1.54, 1.807) is 6.07 Å². The van der Waals surface area contributed by atoms with Gasteiger partial charge in [0.05, 0.1) is 0 Å². The van der Waals surface area contributed by atoms with Crippen molar-refractivity contribution in [2.75, 3.05) is 18.0 Å². The number of thiocarbonyl (C=S) groups is 1. The molecule has 2 atom stereocenters. The Kier molecular flexibility index (Phi) is 3.85. The van der Waals surface area contributed by atoms with Crippen LogP contribution >= 0.6 is 12.2 Å². The molecule has 0 amide bonds. The van der Waals surface area contributed by atoms with Gasteiger partial charge in [0.15, 0.2) is 0 Å². The Hall–Kier alpha value is -1.16. The molecule has 1 aliphatic rings. The molecule has 1 heterocycles. The molecule has 2 rings (SSSR count). The van der Waals surface area contributed by atoms with Crippen molar-refractivity contribution in [1.29, 1.82) is 0 Å². The van der Waals surface area contributed by atoms with Gasteiger partial charge in [-0.15, -0.1) is 0 Å². The third-order valence-electron chi connectivity index (χ3n) is 3.43. The summed E-state index contributed by atoms with van der Waals surface area (Å²) in [7, 11) is 0. The summed E-state index contributed by atoms with van der Waals surface area (Å²) in [5.41, 5.74) is 7.30. The first-order valence-electron chi connectivity index (χ1n) is 6.31. The molecule has 2 nitrogen and oxygen atoms in total. The SMILES string of the molecule is CC1CC(C)CN(c2ccc(F)cc2C(N)=S)C1. The number of rotatable bonds is 2. The van der Waals surface area contributed by atoms with Crippen LogP contribution in [0.3, 0.4) is 0 Å². The molecule has 1 aromatic rings. The van der Waals surface area contributed by atoms with E-state index in [0.29, 0.717) is 17.4 Å². The summed E-state index contributed by atoms with van der Waals surface area (Å²) in [6.45, 7) is 6.44. The zero-order valence-corrected chi connectivity index (χ0v) is 11.6. The molecule has 1 aliphatic heterocycles. The van der Waals surface area contributed by atoms with Crippen LogP contribution in [0.5, 0.6) is 0 Å². The molecule has 0 spiro atoms. The lowest BCUT2D eigenvalue weighted by atomic mass is 9.91. The van der Waals surface area contributed by atoms with E-state index >= 15 is 0 Å². The van der Waals surface area contributed by atoms with Crippen molar-refractivity contribution in [3.63, 3.8) is 0 Å². The number of hydrogen-bond acceptors (Lipinski definition) is 2. The first-order valence-corrected chi connectivity index (χ1v) is 6.72. The number of nitrogens with zero attached hydrogens (tertiary/aromatic N) is 1. The van der Waals surface area contributed by atoms with E-state index in [1.807, 2.05) is 0 Å². The molecule has 18 heavy (non-hydrogen) atoms. The molecule has 0 saturated carbocycles. The van der Waals surface area contributed by atoms with Crippen LogP contribution in [0.25, 0.3) is 0 Å². The third kappa shape index (κ3) is 2.80. The predicted octanol–water partition coefficient (Wildman–Crippen LogP) is 2.94. The zero-order chi connectivity index (χ0) is 13.3. The monoisotopic (exact) mass is 266 g/mol. The maximum absolute atomic E-state index is 13.3. The van der Waals surface area contributed by atoms with Crippen LogP contribution in [-0.2, 0) is 0 Å². The normalized spacial score (nSPS) is 24.1. The highest BCUT2D eigenvalue weighted by atomic mass is 32.1. The molecular weight excluding hydrogens is 247 g/mol. The van der Waals surface area contributed by atoms with Crippen LogP contribution in [0.2, 0.25) is 0 Å². The lowest BCUT2D eigenvalue weighted by Gasteiger charge is -2.37. The predicted molar refractivity (Wildman–Crippen MR) is 77.4 cm³/mol. The molecular formula is C14H19FN2S. The Morgan fingerprint density at radius 3 is 2.50 bits per heavy atom. The fourth-order valence-corrected chi connectivity index (χ4v) is 3.00. The molecule has 0 aliphatic carbocycles. The molecule has 2 unspecified atom stereocenters. The van der Waals surface area contributed by atoms with Gasteiger partial charge in [0, 0.05) is 24.3 Å². The molecule has 0 bridgehead atoms. The quantitative estimate of drug-likeness (QED) is 0.835. The van der Waals surface area contributed by atoms with Gasteiger partial charge in [-0.2, -0.15) is 0 Å². The second-order valence-corrected chi connectivity index (χ2v) is 5.82.